The zero-order valence-corrected chi connectivity index (χ0v) is 11.4. The number of hydrogen-bond donors (Lipinski definition) is 1. The van der Waals surface area contributed by atoms with Crippen LogP contribution < -0.4 is 10.6 Å². The van der Waals surface area contributed by atoms with Crippen molar-refractivity contribution in [2.75, 3.05) is 37.8 Å². The van der Waals surface area contributed by atoms with Crippen LogP contribution in [0.5, 0.6) is 0 Å². The topological polar surface area (TPSA) is 32.5 Å². The first kappa shape index (κ1) is 13.1. The lowest BCUT2D eigenvalue weighted by Gasteiger charge is -2.28. The third-order valence-electron chi connectivity index (χ3n) is 3.88. The van der Waals surface area contributed by atoms with Crippen molar-refractivity contribution < 1.29 is 4.39 Å². The lowest BCUT2D eigenvalue weighted by Crippen LogP contribution is -2.36. The molecular weight excluding hydrogens is 229 g/mol. The van der Waals surface area contributed by atoms with Gasteiger partial charge in [0.05, 0.1) is 11.4 Å². The molecule has 0 bridgehead atoms. The summed E-state index contributed by atoms with van der Waals surface area (Å²) in [7, 11) is 4.18. The molecule has 4 heteroatoms. The van der Waals surface area contributed by atoms with Crippen LogP contribution >= 0.6 is 0 Å². The summed E-state index contributed by atoms with van der Waals surface area (Å²) in [5.74, 6) is -0.234. The second-order valence-corrected chi connectivity index (χ2v) is 5.32. The van der Waals surface area contributed by atoms with Crippen LogP contribution in [-0.4, -0.2) is 38.1 Å². The molecular formula is C14H22FN3. The van der Waals surface area contributed by atoms with E-state index in [9.17, 15) is 4.39 Å². The van der Waals surface area contributed by atoms with E-state index in [2.05, 4.69) is 16.8 Å². The van der Waals surface area contributed by atoms with Crippen LogP contribution in [0.4, 0.5) is 15.8 Å². The molecule has 100 valence electrons. The fourth-order valence-corrected chi connectivity index (χ4v) is 2.64. The highest BCUT2D eigenvalue weighted by Crippen LogP contribution is 2.27. The molecule has 1 aromatic carbocycles. The van der Waals surface area contributed by atoms with Gasteiger partial charge in [-0.05, 0) is 51.1 Å². The molecule has 1 aromatic rings. The Labute approximate surface area is 108 Å². The Balaban J connectivity index is 2.13. The first-order valence-electron chi connectivity index (χ1n) is 6.46. The van der Waals surface area contributed by atoms with Crippen molar-refractivity contribution in [3.63, 3.8) is 0 Å². The Kier molecular flexibility index (Phi) is 3.76. The van der Waals surface area contributed by atoms with E-state index in [-0.39, 0.29) is 5.82 Å². The normalized spacial score (nSPS) is 20.3. The summed E-state index contributed by atoms with van der Waals surface area (Å²) in [5.41, 5.74) is 7.99. The van der Waals surface area contributed by atoms with Gasteiger partial charge >= 0.3 is 0 Å². The number of nitrogens with zero attached hydrogens (tertiary/aromatic N) is 2. The summed E-state index contributed by atoms with van der Waals surface area (Å²) >= 11 is 0. The highest BCUT2D eigenvalue weighted by molar-refractivity contribution is 5.68. The fourth-order valence-electron chi connectivity index (χ4n) is 2.64. The van der Waals surface area contributed by atoms with Gasteiger partial charge in [-0.2, -0.15) is 0 Å². The van der Waals surface area contributed by atoms with Crippen LogP contribution in [0.3, 0.4) is 0 Å². The highest BCUT2D eigenvalue weighted by atomic mass is 19.1. The Bertz CT molecular complexity index is 433. The van der Waals surface area contributed by atoms with E-state index in [1.165, 1.54) is 18.9 Å². The molecule has 0 radical (unpaired) electrons. The average molecular weight is 251 g/mol. The maximum atomic E-state index is 13.4. The number of rotatable bonds is 3. The number of halogens is 1. The number of likely N-dealkylation sites (N-methyl/N-ethyl adjacent to an activating group) is 2. The van der Waals surface area contributed by atoms with E-state index < -0.39 is 0 Å². The molecule has 2 N–H and O–H groups in total. The molecule has 0 aliphatic carbocycles. The number of nitrogen functional groups attached to an aromatic ring is 1. The van der Waals surface area contributed by atoms with Crippen LogP contribution in [0.25, 0.3) is 0 Å². The van der Waals surface area contributed by atoms with E-state index in [0.717, 1.165) is 18.8 Å². The minimum Gasteiger partial charge on any atom is -0.397 e. The van der Waals surface area contributed by atoms with Crippen LogP contribution in [0.15, 0.2) is 12.1 Å². The van der Waals surface area contributed by atoms with Gasteiger partial charge < -0.3 is 15.5 Å². The van der Waals surface area contributed by atoms with Gasteiger partial charge in [0.1, 0.15) is 5.82 Å². The largest absolute Gasteiger partial charge is 0.397 e. The Morgan fingerprint density at radius 3 is 2.83 bits per heavy atom. The molecule has 1 fully saturated rings. The number of likely N-dealkylation sites (tertiary alicyclic amines) is 1. The number of benzene rings is 1. The molecule has 3 nitrogen and oxygen atoms in total. The summed E-state index contributed by atoms with van der Waals surface area (Å²) in [6.07, 6.45) is 2.48. The third kappa shape index (κ3) is 2.58. The van der Waals surface area contributed by atoms with Crippen LogP contribution in [0.2, 0.25) is 0 Å². The zero-order chi connectivity index (χ0) is 13.3. The number of anilines is 2. The standard InChI is InChI=1S/C14H22FN3/c1-10-7-14(13(16)8-12(10)15)18(3)9-11-5-4-6-17(11)2/h7-8,11H,4-6,9,16H2,1-3H3. The van der Waals surface area contributed by atoms with E-state index in [1.54, 1.807) is 6.92 Å². The van der Waals surface area contributed by atoms with Gasteiger partial charge in [0, 0.05) is 19.6 Å². The van der Waals surface area contributed by atoms with Crippen molar-refractivity contribution in [3.8, 4) is 0 Å². The van der Waals surface area contributed by atoms with Crippen molar-refractivity contribution in [2.45, 2.75) is 25.8 Å². The van der Waals surface area contributed by atoms with E-state index in [0.29, 0.717) is 17.3 Å². The monoisotopic (exact) mass is 251 g/mol. The van der Waals surface area contributed by atoms with Gasteiger partial charge in [-0.3, -0.25) is 0 Å². The molecule has 0 spiro atoms. The van der Waals surface area contributed by atoms with Gasteiger partial charge in [0.15, 0.2) is 0 Å². The first-order chi connectivity index (χ1) is 8.49. The minimum atomic E-state index is -0.234. The molecule has 1 aliphatic heterocycles. The van der Waals surface area contributed by atoms with E-state index >= 15 is 0 Å². The molecule has 1 aliphatic rings. The Morgan fingerprint density at radius 2 is 2.22 bits per heavy atom. The molecule has 0 saturated carbocycles. The van der Waals surface area contributed by atoms with Crippen LogP contribution in [0, 0.1) is 12.7 Å². The Hall–Kier alpha value is -1.29. The summed E-state index contributed by atoms with van der Waals surface area (Å²) in [6.45, 7) is 3.87. The van der Waals surface area contributed by atoms with Crippen molar-refractivity contribution in [1.82, 2.24) is 4.90 Å². The second kappa shape index (κ2) is 5.14. The van der Waals surface area contributed by atoms with Gasteiger partial charge in [-0.15, -0.1) is 0 Å². The Morgan fingerprint density at radius 1 is 1.50 bits per heavy atom. The molecule has 0 amide bonds. The second-order valence-electron chi connectivity index (χ2n) is 5.32. The average Bonchev–Trinajstić information content (AvgIpc) is 2.69. The van der Waals surface area contributed by atoms with Crippen molar-refractivity contribution in [3.05, 3.63) is 23.5 Å². The molecule has 1 unspecified atom stereocenters. The summed E-state index contributed by atoms with van der Waals surface area (Å²) in [4.78, 5) is 4.51. The van der Waals surface area contributed by atoms with Crippen molar-refractivity contribution in [2.24, 2.45) is 0 Å². The van der Waals surface area contributed by atoms with Crippen molar-refractivity contribution >= 4 is 11.4 Å². The first-order valence-corrected chi connectivity index (χ1v) is 6.46. The lowest BCUT2D eigenvalue weighted by atomic mass is 10.1. The maximum Gasteiger partial charge on any atom is 0.128 e. The van der Waals surface area contributed by atoms with Crippen molar-refractivity contribution in [1.29, 1.82) is 0 Å². The number of aryl methyl sites for hydroxylation is 1. The SMILES string of the molecule is Cc1cc(N(C)CC2CCCN2C)c(N)cc1F. The van der Waals surface area contributed by atoms with E-state index in [1.807, 2.05) is 13.1 Å². The predicted octanol–water partition coefficient (Wildman–Crippen LogP) is 2.25. The maximum absolute atomic E-state index is 13.4. The molecule has 18 heavy (non-hydrogen) atoms. The van der Waals surface area contributed by atoms with Gasteiger partial charge in [-0.1, -0.05) is 0 Å². The van der Waals surface area contributed by atoms with Gasteiger partial charge in [0.25, 0.3) is 0 Å². The zero-order valence-electron chi connectivity index (χ0n) is 11.4. The summed E-state index contributed by atoms with van der Waals surface area (Å²) in [5, 5.41) is 0. The smallest absolute Gasteiger partial charge is 0.128 e. The number of hydrogen-bond acceptors (Lipinski definition) is 3. The number of nitrogens with two attached hydrogens (primary N) is 1. The molecule has 0 aromatic heterocycles. The third-order valence-corrected chi connectivity index (χ3v) is 3.88. The quantitative estimate of drug-likeness (QED) is 0.836. The van der Waals surface area contributed by atoms with E-state index in [4.69, 9.17) is 5.73 Å². The molecule has 1 saturated heterocycles. The molecule has 1 heterocycles. The molecule has 2 rings (SSSR count). The van der Waals surface area contributed by atoms with Crippen LogP contribution in [-0.2, 0) is 0 Å². The predicted molar refractivity (Wildman–Crippen MR) is 74.5 cm³/mol. The minimum absolute atomic E-state index is 0.234. The highest BCUT2D eigenvalue weighted by Gasteiger charge is 2.23. The van der Waals surface area contributed by atoms with Crippen LogP contribution in [0.1, 0.15) is 18.4 Å². The summed E-state index contributed by atoms with van der Waals surface area (Å²) in [6, 6.07) is 3.82. The summed E-state index contributed by atoms with van der Waals surface area (Å²) < 4.78 is 13.4. The molecule has 1 atom stereocenters. The lowest BCUT2D eigenvalue weighted by molar-refractivity contribution is 0.314. The van der Waals surface area contributed by atoms with Gasteiger partial charge in [0.2, 0.25) is 0 Å². The fraction of sp³-hybridized carbons (Fsp3) is 0.571. The van der Waals surface area contributed by atoms with Gasteiger partial charge in [-0.25, -0.2) is 4.39 Å².